The lowest BCUT2D eigenvalue weighted by molar-refractivity contribution is -0.127. The van der Waals surface area contributed by atoms with Gasteiger partial charge in [0.1, 0.15) is 28.5 Å². The van der Waals surface area contributed by atoms with Crippen molar-refractivity contribution in [2.45, 2.75) is 45.6 Å². The number of amides is 2. The first-order chi connectivity index (χ1) is 18.3. The van der Waals surface area contributed by atoms with Crippen LogP contribution in [0.1, 0.15) is 66.1 Å². The number of nitrogens with one attached hydrogen (secondary N) is 1. The molecular weight excluding hydrogens is 478 g/mol. The van der Waals surface area contributed by atoms with Gasteiger partial charge in [0.25, 0.3) is 5.91 Å². The Bertz CT molecular complexity index is 1560. The number of nitrogen functional groups attached to an aromatic ring is 1. The summed E-state index contributed by atoms with van der Waals surface area (Å²) in [7, 11) is 0. The van der Waals surface area contributed by atoms with Gasteiger partial charge in [0, 0.05) is 36.4 Å². The SMILES string of the molecule is C=CC(=O)N1CCC[C@H]1c1nc(-c2ccnc(C(=O)Nc3ccc(C(C)C)c(C)c3)c2)c2c(N)nccn12. The van der Waals surface area contributed by atoms with E-state index in [0.29, 0.717) is 46.6 Å². The van der Waals surface area contributed by atoms with Crippen LogP contribution in [0.25, 0.3) is 16.8 Å². The summed E-state index contributed by atoms with van der Waals surface area (Å²) in [5.41, 5.74) is 11.5. The third kappa shape index (κ3) is 4.51. The molecule has 3 N–H and O–H groups in total. The molecule has 38 heavy (non-hydrogen) atoms. The number of aryl methyl sites for hydroxylation is 1. The molecule has 5 rings (SSSR count). The van der Waals surface area contributed by atoms with Gasteiger partial charge in [0.2, 0.25) is 5.91 Å². The van der Waals surface area contributed by atoms with Crippen LogP contribution < -0.4 is 11.1 Å². The zero-order valence-electron chi connectivity index (χ0n) is 21.8. The summed E-state index contributed by atoms with van der Waals surface area (Å²) in [4.78, 5) is 40.9. The van der Waals surface area contributed by atoms with Crippen LogP contribution in [0, 0.1) is 6.92 Å². The molecule has 194 valence electrons. The Morgan fingerprint density at radius 2 is 2.00 bits per heavy atom. The van der Waals surface area contributed by atoms with Gasteiger partial charge in [0.15, 0.2) is 0 Å². The summed E-state index contributed by atoms with van der Waals surface area (Å²) in [5.74, 6) is 0.954. The predicted molar refractivity (Wildman–Crippen MR) is 148 cm³/mol. The van der Waals surface area contributed by atoms with E-state index in [4.69, 9.17) is 10.7 Å². The summed E-state index contributed by atoms with van der Waals surface area (Å²) in [6.07, 6.45) is 7.97. The van der Waals surface area contributed by atoms with Gasteiger partial charge in [-0.15, -0.1) is 0 Å². The van der Waals surface area contributed by atoms with Crippen LogP contribution in [-0.4, -0.2) is 42.6 Å². The van der Waals surface area contributed by atoms with Gasteiger partial charge in [0.05, 0.1) is 6.04 Å². The fourth-order valence-electron chi connectivity index (χ4n) is 5.24. The van der Waals surface area contributed by atoms with Crippen molar-refractivity contribution in [2.24, 2.45) is 0 Å². The van der Waals surface area contributed by atoms with Gasteiger partial charge in [-0.2, -0.15) is 0 Å². The van der Waals surface area contributed by atoms with E-state index in [2.05, 4.69) is 35.7 Å². The second-order valence-electron chi connectivity index (χ2n) is 9.85. The Morgan fingerprint density at radius 3 is 2.74 bits per heavy atom. The molecule has 9 heteroatoms. The molecule has 1 fully saturated rings. The van der Waals surface area contributed by atoms with Gasteiger partial charge >= 0.3 is 0 Å². The summed E-state index contributed by atoms with van der Waals surface area (Å²) in [6.45, 7) is 10.6. The van der Waals surface area contributed by atoms with E-state index in [9.17, 15) is 9.59 Å². The first-order valence-electron chi connectivity index (χ1n) is 12.7. The van der Waals surface area contributed by atoms with E-state index in [1.54, 1.807) is 35.6 Å². The Kier molecular flexibility index (Phi) is 6.67. The second kappa shape index (κ2) is 10.1. The minimum Gasteiger partial charge on any atom is -0.382 e. The number of nitrogens with zero attached hydrogens (tertiary/aromatic N) is 5. The number of carbonyl (C=O) groups is 2. The Labute approximate surface area is 221 Å². The van der Waals surface area contributed by atoms with Gasteiger partial charge in [-0.25, -0.2) is 9.97 Å². The third-order valence-electron chi connectivity index (χ3n) is 7.03. The number of anilines is 2. The standard InChI is InChI=1S/C29H31N7O2/c1-5-24(37)35-13-6-7-23(35)28-34-25(26-27(30)32-12-14-36(26)28)19-10-11-31-22(16-19)29(38)33-20-8-9-21(17(2)3)18(4)15-20/h5,8-12,14-17,23H,1,6-7,13H2,2-4H3,(H2,30,32)(H,33,38)/t23-/m0/s1. The topological polar surface area (TPSA) is 119 Å². The monoisotopic (exact) mass is 509 g/mol. The zero-order valence-corrected chi connectivity index (χ0v) is 21.8. The van der Waals surface area contributed by atoms with Crippen LogP contribution in [0.15, 0.2) is 61.6 Å². The van der Waals surface area contributed by atoms with Crippen molar-refractivity contribution in [3.8, 4) is 11.3 Å². The predicted octanol–water partition coefficient (Wildman–Crippen LogP) is 4.91. The zero-order chi connectivity index (χ0) is 27.0. The molecule has 0 saturated carbocycles. The number of hydrogen-bond acceptors (Lipinski definition) is 6. The van der Waals surface area contributed by atoms with Crippen molar-refractivity contribution in [2.75, 3.05) is 17.6 Å². The molecule has 1 atom stereocenters. The van der Waals surface area contributed by atoms with E-state index in [0.717, 1.165) is 18.4 Å². The highest BCUT2D eigenvalue weighted by atomic mass is 16.2. The van der Waals surface area contributed by atoms with E-state index < -0.39 is 0 Å². The average Bonchev–Trinajstić information content (AvgIpc) is 3.54. The van der Waals surface area contributed by atoms with Crippen LogP contribution in [-0.2, 0) is 4.79 Å². The van der Waals surface area contributed by atoms with Crippen LogP contribution in [0.5, 0.6) is 0 Å². The Morgan fingerprint density at radius 1 is 1.18 bits per heavy atom. The van der Waals surface area contributed by atoms with Gasteiger partial charge in [-0.1, -0.05) is 26.5 Å². The van der Waals surface area contributed by atoms with Gasteiger partial charge < -0.3 is 16.0 Å². The maximum atomic E-state index is 13.1. The summed E-state index contributed by atoms with van der Waals surface area (Å²) in [6, 6.07) is 9.19. The van der Waals surface area contributed by atoms with Gasteiger partial charge in [-0.05, 0) is 67.2 Å². The quantitative estimate of drug-likeness (QED) is 0.357. The van der Waals surface area contributed by atoms with E-state index in [1.165, 1.54) is 11.6 Å². The third-order valence-corrected chi connectivity index (χ3v) is 7.03. The lowest BCUT2D eigenvalue weighted by Crippen LogP contribution is -2.29. The highest BCUT2D eigenvalue weighted by Gasteiger charge is 2.33. The molecule has 9 nitrogen and oxygen atoms in total. The normalized spacial score (nSPS) is 15.3. The second-order valence-corrected chi connectivity index (χ2v) is 9.85. The van der Waals surface area contributed by atoms with Crippen molar-refractivity contribution < 1.29 is 9.59 Å². The van der Waals surface area contributed by atoms with Crippen LogP contribution >= 0.6 is 0 Å². The van der Waals surface area contributed by atoms with Crippen LogP contribution in [0.4, 0.5) is 11.5 Å². The molecule has 1 aliphatic heterocycles. The molecule has 0 radical (unpaired) electrons. The number of fused-ring (bicyclic) bond motifs is 1. The summed E-state index contributed by atoms with van der Waals surface area (Å²) >= 11 is 0. The van der Waals surface area contributed by atoms with Crippen molar-refractivity contribution >= 4 is 28.8 Å². The van der Waals surface area contributed by atoms with Crippen LogP contribution in [0.3, 0.4) is 0 Å². The molecule has 1 aromatic carbocycles. The largest absolute Gasteiger partial charge is 0.382 e. The Hall–Kier alpha value is -4.53. The van der Waals surface area contributed by atoms with Crippen LogP contribution in [0.2, 0.25) is 0 Å². The highest BCUT2D eigenvalue weighted by molar-refractivity contribution is 6.04. The van der Waals surface area contributed by atoms with Crippen molar-refractivity contribution in [3.05, 3.63) is 84.2 Å². The lowest BCUT2D eigenvalue weighted by atomic mass is 9.98. The summed E-state index contributed by atoms with van der Waals surface area (Å²) in [5, 5.41) is 2.95. The molecule has 0 aliphatic carbocycles. The molecule has 0 spiro atoms. The van der Waals surface area contributed by atoms with Crippen molar-refractivity contribution in [1.82, 2.24) is 24.3 Å². The molecule has 4 heterocycles. The smallest absolute Gasteiger partial charge is 0.274 e. The summed E-state index contributed by atoms with van der Waals surface area (Å²) < 4.78 is 1.89. The number of likely N-dealkylation sites (tertiary alicyclic amines) is 1. The van der Waals surface area contributed by atoms with E-state index in [-0.39, 0.29) is 23.6 Å². The average molecular weight is 510 g/mol. The molecule has 3 aromatic heterocycles. The molecule has 0 unspecified atom stereocenters. The maximum Gasteiger partial charge on any atom is 0.274 e. The molecule has 2 amide bonds. The number of imidazole rings is 1. The van der Waals surface area contributed by atoms with E-state index in [1.807, 2.05) is 29.5 Å². The molecule has 1 aliphatic rings. The number of hydrogen-bond donors (Lipinski definition) is 2. The fraction of sp³-hybridized carbons (Fsp3) is 0.276. The van der Waals surface area contributed by atoms with Crippen molar-refractivity contribution in [1.29, 1.82) is 0 Å². The fourth-order valence-corrected chi connectivity index (χ4v) is 5.24. The molecule has 4 aromatic rings. The first kappa shape index (κ1) is 25.1. The maximum absolute atomic E-state index is 13.1. The number of aromatic nitrogens is 4. The Balaban J connectivity index is 1.51. The van der Waals surface area contributed by atoms with E-state index >= 15 is 0 Å². The molecule has 0 bridgehead atoms. The highest BCUT2D eigenvalue weighted by Crippen LogP contribution is 2.36. The van der Waals surface area contributed by atoms with Crippen molar-refractivity contribution in [3.63, 3.8) is 0 Å². The number of benzene rings is 1. The molecule has 1 saturated heterocycles. The number of nitrogens with two attached hydrogens (primary N) is 1. The van der Waals surface area contributed by atoms with Gasteiger partial charge in [-0.3, -0.25) is 19.0 Å². The minimum atomic E-state index is -0.322. The number of carbonyl (C=O) groups excluding carboxylic acids is 2. The minimum absolute atomic E-state index is 0.132. The molecular formula is C29H31N7O2. The number of pyridine rings is 1. The number of rotatable bonds is 6. The lowest BCUT2D eigenvalue weighted by Gasteiger charge is -2.22. The first-order valence-corrected chi connectivity index (χ1v) is 12.7.